The van der Waals surface area contributed by atoms with E-state index in [0.29, 0.717) is 0 Å². The number of halogens is 1. The van der Waals surface area contributed by atoms with Crippen LogP contribution in [0.5, 0.6) is 0 Å². The van der Waals surface area contributed by atoms with E-state index in [1.807, 2.05) is 0 Å². The lowest BCUT2D eigenvalue weighted by Crippen LogP contribution is -2.32. The summed E-state index contributed by atoms with van der Waals surface area (Å²) in [6, 6.07) is 2.11. The van der Waals surface area contributed by atoms with Crippen molar-refractivity contribution in [1.82, 2.24) is 10.3 Å². The van der Waals surface area contributed by atoms with Crippen LogP contribution in [0, 0.1) is 5.41 Å². The molecule has 0 aromatic carbocycles. The van der Waals surface area contributed by atoms with Crippen LogP contribution in [0.3, 0.4) is 0 Å². The molecule has 1 N–H and O–H groups in total. The number of hydrogen-bond acceptors (Lipinski definition) is 3. The van der Waals surface area contributed by atoms with Gasteiger partial charge in [0.1, 0.15) is 5.82 Å². The quantitative estimate of drug-likeness (QED) is 0.851. The minimum absolute atomic E-state index is 0.274. The maximum Gasteiger partial charge on any atom is 0.129 e. The van der Waals surface area contributed by atoms with E-state index in [-0.39, 0.29) is 5.41 Å². The lowest BCUT2D eigenvalue weighted by molar-refractivity contribution is 0.472. The Morgan fingerprint density at radius 2 is 2.14 bits per heavy atom. The number of aromatic nitrogens is 1. The minimum atomic E-state index is 0.274. The van der Waals surface area contributed by atoms with E-state index in [0.717, 1.165) is 49.0 Å². The molecular weight excluding hydrogens is 282 g/mol. The summed E-state index contributed by atoms with van der Waals surface area (Å²) >= 11 is 6.22. The Hall–Kier alpha value is -1.06. The molecule has 1 aromatic heterocycles. The third-order valence-corrected chi connectivity index (χ3v) is 4.32. The molecule has 2 heterocycles. The Morgan fingerprint density at radius 3 is 2.71 bits per heavy atom. The fourth-order valence-electron chi connectivity index (χ4n) is 2.59. The van der Waals surface area contributed by atoms with Gasteiger partial charge in [-0.3, -0.25) is 0 Å². The first kappa shape index (κ1) is 16.3. The normalized spacial score (nSPS) is 16.0. The maximum absolute atomic E-state index is 6.22. The van der Waals surface area contributed by atoms with E-state index in [4.69, 9.17) is 11.6 Å². The fourth-order valence-corrected chi connectivity index (χ4v) is 2.76. The zero-order valence-corrected chi connectivity index (χ0v) is 14.3. The molecule has 0 bridgehead atoms. The molecule has 0 fully saturated rings. The summed E-state index contributed by atoms with van der Waals surface area (Å²) in [6.45, 7) is 12.6. The number of rotatable bonds is 4. The second-order valence-electron chi connectivity index (χ2n) is 6.59. The molecule has 0 unspecified atom stereocenters. The molecular formula is C17H26ClN3. The zero-order chi connectivity index (χ0) is 15.5. The average molecular weight is 308 g/mol. The van der Waals surface area contributed by atoms with Crippen molar-refractivity contribution in [2.75, 3.05) is 24.5 Å². The lowest BCUT2D eigenvalue weighted by Gasteiger charge is -2.33. The van der Waals surface area contributed by atoms with E-state index >= 15 is 0 Å². The van der Waals surface area contributed by atoms with Gasteiger partial charge in [0.2, 0.25) is 0 Å². The molecule has 0 saturated heterocycles. The van der Waals surface area contributed by atoms with E-state index in [2.05, 4.69) is 55.0 Å². The number of nitrogens with one attached hydrogen (secondary N) is 1. The maximum atomic E-state index is 6.22. The van der Waals surface area contributed by atoms with Crippen LogP contribution in [-0.2, 0) is 6.54 Å². The Bertz CT molecular complexity index is 517. The van der Waals surface area contributed by atoms with Gasteiger partial charge in [-0.15, -0.1) is 0 Å². The molecule has 21 heavy (non-hydrogen) atoms. The van der Waals surface area contributed by atoms with Crippen LogP contribution in [0.4, 0.5) is 5.82 Å². The van der Waals surface area contributed by atoms with Gasteiger partial charge in [-0.2, -0.15) is 0 Å². The van der Waals surface area contributed by atoms with Crippen LogP contribution < -0.4 is 10.2 Å². The second kappa shape index (κ2) is 6.80. The third-order valence-electron chi connectivity index (χ3n) is 3.98. The van der Waals surface area contributed by atoms with Crippen LogP contribution in [0.1, 0.15) is 39.7 Å². The van der Waals surface area contributed by atoms with Crippen molar-refractivity contribution in [3.8, 4) is 0 Å². The minimum Gasteiger partial charge on any atom is -0.353 e. The molecule has 1 aliphatic rings. The van der Waals surface area contributed by atoms with Crippen molar-refractivity contribution in [3.63, 3.8) is 0 Å². The van der Waals surface area contributed by atoms with Crippen LogP contribution >= 0.6 is 11.6 Å². The molecule has 3 nitrogen and oxygen atoms in total. The summed E-state index contributed by atoms with van der Waals surface area (Å²) in [5, 5.41) is 4.06. The SMILES string of the molecule is CCNCc1cc(N2CC=C(C(C)(C)C)CC2)ncc1Cl. The van der Waals surface area contributed by atoms with Gasteiger partial charge in [-0.05, 0) is 30.0 Å². The molecule has 0 saturated carbocycles. The average Bonchev–Trinajstić information content (AvgIpc) is 2.46. The first-order chi connectivity index (χ1) is 9.91. The van der Waals surface area contributed by atoms with Crippen molar-refractivity contribution >= 4 is 17.4 Å². The van der Waals surface area contributed by atoms with Crippen molar-refractivity contribution < 1.29 is 0 Å². The van der Waals surface area contributed by atoms with Gasteiger partial charge in [0, 0.05) is 25.8 Å². The highest BCUT2D eigenvalue weighted by Gasteiger charge is 2.22. The largest absolute Gasteiger partial charge is 0.353 e. The first-order valence-corrected chi connectivity index (χ1v) is 8.09. The summed E-state index contributed by atoms with van der Waals surface area (Å²) in [4.78, 5) is 6.82. The van der Waals surface area contributed by atoms with Crippen LogP contribution in [0.25, 0.3) is 0 Å². The van der Waals surface area contributed by atoms with Crippen molar-refractivity contribution in [2.45, 2.75) is 40.7 Å². The smallest absolute Gasteiger partial charge is 0.129 e. The molecule has 1 aliphatic heterocycles. The summed E-state index contributed by atoms with van der Waals surface area (Å²) in [7, 11) is 0. The first-order valence-electron chi connectivity index (χ1n) is 7.71. The highest BCUT2D eigenvalue weighted by atomic mass is 35.5. The molecule has 0 spiro atoms. The summed E-state index contributed by atoms with van der Waals surface area (Å²) < 4.78 is 0. The molecule has 0 radical (unpaired) electrons. The van der Waals surface area contributed by atoms with E-state index in [1.54, 1.807) is 11.8 Å². The molecule has 2 rings (SSSR count). The van der Waals surface area contributed by atoms with E-state index in [1.165, 1.54) is 0 Å². The summed E-state index contributed by atoms with van der Waals surface area (Å²) in [5.74, 6) is 1.02. The summed E-state index contributed by atoms with van der Waals surface area (Å²) in [6.07, 6.45) is 5.23. The number of nitrogens with zero attached hydrogens (tertiary/aromatic N) is 2. The van der Waals surface area contributed by atoms with Gasteiger partial charge >= 0.3 is 0 Å². The Kier molecular flexibility index (Phi) is 5.28. The van der Waals surface area contributed by atoms with E-state index < -0.39 is 0 Å². The van der Waals surface area contributed by atoms with Gasteiger partial charge in [0.25, 0.3) is 0 Å². The Morgan fingerprint density at radius 1 is 1.38 bits per heavy atom. The Balaban J connectivity index is 2.11. The van der Waals surface area contributed by atoms with Gasteiger partial charge in [0.05, 0.1) is 5.02 Å². The molecule has 0 atom stereocenters. The van der Waals surface area contributed by atoms with Gasteiger partial charge in [-0.1, -0.05) is 50.9 Å². The molecule has 1 aromatic rings. The van der Waals surface area contributed by atoms with Crippen molar-refractivity contribution in [3.05, 3.63) is 34.5 Å². The highest BCUT2D eigenvalue weighted by Crippen LogP contribution is 2.31. The van der Waals surface area contributed by atoms with E-state index in [9.17, 15) is 0 Å². The number of anilines is 1. The fraction of sp³-hybridized carbons (Fsp3) is 0.588. The predicted molar refractivity (Wildman–Crippen MR) is 91.0 cm³/mol. The third kappa shape index (κ3) is 4.21. The molecule has 4 heteroatoms. The van der Waals surface area contributed by atoms with Crippen molar-refractivity contribution in [2.24, 2.45) is 5.41 Å². The summed E-state index contributed by atoms with van der Waals surface area (Å²) in [5.41, 5.74) is 2.94. The topological polar surface area (TPSA) is 28.2 Å². The number of pyridine rings is 1. The Labute approximate surface area is 133 Å². The standard InChI is InChI=1S/C17H26ClN3/c1-5-19-11-13-10-16(20-12-15(13)18)21-8-6-14(7-9-21)17(2,3)4/h6,10,12,19H,5,7-9,11H2,1-4H3. The monoisotopic (exact) mass is 307 g/mol. The van der Waals surface area contributed by atoms with Gasteiger partial charge < -0.3 is 10.2 Å². The van der Waals surface area contributed by atoms with Crippen LogP contribution in [0.2, 0.25) is 5.02 Å². The highest BCUT2D eigenvalue weighted by molar-refractivity contribution is 6.31. The molecule has 116 valence electrons. The zero-order valence-electron chi connectivity index (χ0n) is 13.5. The van der Waals surface area contributed by atoms with Crippen LogP contribution in [0.15, 0.2) is 23.9 Å². The molecule has 0 amide bonds. The van der Waals surface area contributed by atoms with Crippen LogP contribution in [-0.4, -0.2) is 24.6 Å². The molecule has 0 aliphatic carbocycles. The lowest BCUT2D eigenvalue weighted by atomic mass is 9.83. The number of hydrogen-bond donors (Lipinski definition) is 1. The van der Waals surface area contributed by atoms with Crippen molar-refractivity contribution in [1.29, 1.82) is 0 Å². The van der Waals surface area contributed by atoms with Gasteiger partial charge in [-0.25, -0.2) is 4.98 Å². The second-order valence-corrected chi connectivity index (χ2v) is 7.00. The predicted octanol–water partition coefficient (Wildman–Crippen LogP) is 4.03. The van der Waals surface area contributed by atoms with Gasteiger partial charge in [0.15, 0.2) is 0 Å².